The quantitative estimate of drug-likeness (QED) is 0.817. The molecular weight excluding hydrogens is 360 g/mol. The summed E-state index contributed by atoms with van der Waals surface area (Å²) in [5.41, 5.74) is 0.989. The molecule has 3 rings (SSSR count). The second-order valence-electron chi connectivity index (χ2n) is 6.84. The third-order valence-corrected chi connectivity index (χ3v) is 6.85. The molecule has 0 saturated heterocycles. The summed E-state index contributed by atoms with van der Waals surface area (Å²) in [5, 5.41) is 3.04. The molecule has 1 N–H and O–H groups in total. The SMILES string of the molecule is CCN(c1ccccc1)S(=O)(=O)c1cccc(C(=O)NC2CCCCC2)c1. The summed E-state index contributed by atoms with van der Waals surface area (Å²) in [4.78, 5) is 12.7. The van der Waals surface area contributed by atoms with Gasteiger partial charge < -0.3 is 5.32 Å². The number of sulfonamides is 1. The van der Waals surface area contributed by atoms with Gasteiger partial charge in [-0.3, -0.25) is 9.10 Å². The van der Waals surface area contributed by atoms with E-state index in [-0.39, 0.29) is 16.8 Å². The number of amides is 1. The van der Waals surface area contributed by atoms with E-state index < -0.39 is 10.0 Å². The number of carbonyl (C=O) groups excluding carboxylic acids is 1. The first kappa shape index (κ1) is 19.4. The number of hydrogen-bond acceptors (Lipinski definition) is 3. The number of rotatable bonds is 6. The van der Waals surface area contributed by atoms with Crippen LogP contribution in [0.1, 0.15) is 49.4 Å². The van der Waals surface area contributed by atoms with E-state index in [4.69, 9.17) is 0 Å². The van der Waals surface area contributed by atoms with Gasteiger partial charge in [-0.1, -0.05) is 43.5 Å². The maximum absolute atomic E-state index is 13.1. The molecule has 2 aromatic rings. The molecule has 2 aromatic carbocycles. The van der Waals surface area contributed by atoms with Crippen molar-refractivity contribution in [2.45, 2.75) is 50.0 Å². The van der Waals surface area contributed by atoms with Crippen LogP contribution in [0.15, 0.2) is 59.5 Å². The predicted molar refractivity (Wildman–Crippen MR) is 107 cm³/mol. The van der Waals surface area contributed by atoms with Gasteiger partial charge in [-0.15, -0.1) is 0 Å². The minimum absolute atomic E-state index is 0.129. The largest absolute Gasteiger partial charge is 0.349 e. The molecule has 1 aliphatic carbocycles. The Hall–Kier alpha value is -2.34. The molecule has 144 valence electrons. The lowest BCUT2D eigenvalue weighted by molar-refractivity contribution is 0.0927. The van der Waals surface area contributed by atoms with E-state index in [1.165, 1.54) is 16.8 Å². The lowest BCUT2D eigenvalue weighted by Crippen LogP contribution is -2.36. The smallest absolute Gasteiger partial charge is 0.264 e. The first-order valence-electron chi connectivity index (χ1n) is 9.51. The molecule has 6 heteroatoms. The highest BCUT2D eigenvalue weighted by molar-refractivity contribution is 7.92. The third kappa shape index (κ3) is 4.50. The van der Waals surface area contributed by atoms with Crippen molar-refractivity contribution in [3.63, 3.8) is 0 Å². The van der Waals surface area contributed by atoms with Crippen molar-refractivity contribution in [3.05, 3.63) is 60.2 Å². The molecule has 5 nitrogen and oxygen atoms in total. The zero-order valence-corrected chi connectivity index (χ0v) is 16.4. The Kier molecular flexibility index (Phi) is 6.16. The maximum Gasteiger partial charge on any atom is 0.264 e. The summed E-state index contributed by atoms with van der Waals surface area (Å²) in [5.74, 6) is -0.207. The second-order valence-corrected chi connectivity index (χ2v) is 8.70. The Morgan fingerprint density at radius 2 is 1.74 bits per heavy atom. The molecule has 0 spiro atoms. The number of benzene rings is 2. The number of hydrogen-bond donors (Lipinski definition) is 1. The number of nitrogens with one attached hydrogen (secondary N) is 1. The van der Waals surface area contributed by atoms with E-state index in [9.17, 15) is 13.2 Å². The molecule has 27 heavy (non-hydrogen) atoms. The molecule has 1 saturated carbocycles. The van der Waals surface area contributed by atoms with E-state index in [0.717, 1.165) is 25.7 Å². The lowest BCUT2D eigenvalue weighted by Gasteiger charge is -2.24. The Bertz CT molecular complexity index is 875. The number of para-hydroxylation sites is 1. The van der Waals surface area contributed by atoms with Crippen molar-refractivity contribution >= 4 is 21.6 Å². The summed E-state index contributed by atoms with van der Waals surface area (Å²) >= 11 is 0. The summed E-state index contributed by atoms with van der Waals surface area (Å²) in [7, 11) is -3.74. The van der Waals surface area contributed by atoms with Crippen molar-refractivity contribution in [2.24, 2.45) is 0 Å². The normalized spacial score (nSPS) is 15.3. The fourth-order valence-corrected chi connectivity index (χ4v) is 5.05. The first-order chi connectivity index (χ1) is 13.0. The van der Waals surface area contributed by atoms with E-state index in [0.29, 0.717) is 17.8 Å². The van der Waals surface area contributed by atoms with Crippen LogP contribution in [0, 0.1) is 0 Å². The average Bonchev–Trinajstić information content (AvgIpc) is 2.70. The van der Waals surface area contributed by atoms with Crippen LogP contribution in [0.2, 0.25) is 0 Å². The van der Waals surface area contributed by atoms with Crippen LogP contribution in [0.5, 0.6) is 0 Å². The standard InChI is InChI=1S/C21H26N2O3S/c1-2-23(19-13-7-4-8-14-19)27(25,26)20-15-9-10-17(16-20)21(24)22-18-11-5-3-6-12-18/h4,7-10,13-16,18H,2-3,5-6,11-12H2,1H3,(H,22,24). The van der Waals surface area contributed by atoms with Crippen molar-refractivity contribution in [3.8, 4) is 0 Å². The van der Waals surface area contributed by atoms with E-state index >= 15 is 0 Å². The first-order valence-corrected chi connectivity index (χ1v) is 10.9. The predicted octanol–water partition coefficient (Wildman–Crippen LogP) is 3.96. The van der Waals surface area contributed by atoms with E-state index in [1.54, 1.807) is 37.3 Å². The van der Waals surface area contributed by atoms with Crippen molar-refractivity contribution in [1.82, 2.24) is 5.32 Å². The van der Waals surface area contributed by atoms with Gasteiger partial charge in [0.2, 0.25) is 0 Å². The van der Waals surface area contributed by atoms with Gasteiger partial charge in [0.1, 0.15) is 0 Å². The topological polar surface area (TPSA) is 66.5 Å². The molecule has 0 bridgehead atoms. The molecule has 0 atom stereocenters. The monoisotopic (exact) mass is 386 g/mol. The Morgan fingerprint density at radius 1 is 1.04 bits per heavy atom. The molecule has 0 unspecified atom stereocenters. The molecule has 0 aromatic heterocycles. The van der Waals surface area contributed by atoms with Crippen molar-refractivity contribution < 1.29 is 13.2 Å². The molecule has 1 aliphatic rings. The molecule has 1 amide bonds. The molecule has 0 heterocycles. The maximum atomic E-state index is 13.1. The summed E-state index contributed by atoms with van der Waals surface area (Å²) < 4.78 is 27.6. The van der Waals surface area contributed by atoms with Gasteiger partial charge in [-0.25, -0.2) is 8.42 Å². The molecular formula is C21H26N2O3S. The van der Waals surface area contributed by atoms with Gasteiger partial charge in [0, 0.05) is 18.2 Å². The van der Waals surface area contributed by atoms with Crippen molar-refractivity contribution in [2.75, 3.05) is 10.8 Å². The minimum Gasteiger partial charge on any atom is -0.349 e. The highest BCUT2D eigenvalue weighted by Crippen LogP contribution is 2.24. The van der Waals surface area contributed by atoms with Gasteiger partial charge in [-0.05, 0) is 50.1 Å². The van der Waals surface area contributed by atoms with Crippen LogP contribution < -0.4 is 9.62 Å². The highest BCUT2D eigenvalue weighted by Gasteiger charge is 2.25. The Balaban J connectivity index is 1.84. The van der Waals surface area contributed by atoms with E-state index in [2.05, 4.69) is 5.32 Å². The summed E-state index contributed by atoms with van der Waals surface area (Å²) in [6, 6.07) is 15.5. The van der Waals surface area contributed by atoms with E-state index in [1.807, 2.05) is 18.2 Å². The minimum atomic E-state index is -3.74. The lowest BCUT2D eigenvalue weighted by atomic mass is 9.95. The molecule has 0 radical (unpaired) electrons. The number of nitrogens with zero attached hydrogens (tertiary/aromatic N) is 1. The average molecular weight is 387 g/mol. The van der Waals surface area contributed by atoms with Crippen LogP contribution in [0.3, 0.4) is 0 Å². The van der Waals surface area contributed by atoms with Gasteiger partial charge in [0.05, 0.1) is 10.6 Å². The Morgan fingerprint density at radius 3 is 2.41 bits per heavy atom. The summed E-state index contributed by atoms with van der Waals surface area (Å²) in [6.07, 6.45) is 5.44. The van der Waals surface area contributed by atoms with Crippen LogP contribution >= 0.6 is 0 Å². The van der Waals surface area contributed by atoms with Gasteiger partial charge in [0.25, 0.3) is 15.9 Å². The summed E-state index contributed by atoms with van der Waals surface area (Å²) in [6.45, 7) is 2.11. The van der Waals surface area contributed by atoms with Gasteiger partial charge in [0.15, 0.2) is 0 Å². The van der Waals surface area contributed by atoms with Crippen LogP contribution in [0.25, 0.3) is 0 Å². The molecule has 0 aliphatic heterocycles. The van der Waals surface area contributed by atoms with Crippen LogP contribution in [0.4, 0.5) is 5.69 Å². The fourth-order valence-electron chi connectivity index (χ4n) is 3.53. The fraction of sp³-hybridized carbons (Fsp3) is 0.381. The zero-order valence-electron chi connectivity index (χ0n) is 15.6. The third-order valence-electron chi connectivity index (χ3n) is 4.96. The van der Waals surface area contributed by atoms with Crippen molar-refractivity contribution in [1.29, 1.82) is 0 Å². The van der Waals surface area contributed by atoms with Crippen LogP contribution in [-0.2, 0) is 10.0 Å². The van der Waals surface area contributed by atoms with Gasteiger partial charge >= 0.3 is 0 Å². The zero-order chi connectivity index (χ0) is 19.3. The molecule has 1 fully saturated rings. The number of anilines is 1. The Labute approximate surface area is 161 Å². The number of carbonyl (C=O) groups is 1. The van der Waals surface area contributed by atoms with Gasteiger partial charge in [-0.2, -0.15) is 0 Å². The second kappa shape index (κ2) is 8.57. The highest BCUT2D eigenvalue weighted by atomic mass is 32.2. The van der Waals surface area contributed by atoms with Crippen LogP contribution in [-0.4, -0.2) is 26.9 Å².